The summed E-state index contributed by atoms with van der Waals surface area (Å²) in [5.74, 6) is 3.27. The van der Waals surface area contributed by atoms with E-state index in [0.717, 1.165) is 30.6 Å². The Hall–Kier alpha value is -0.340. The van der Waals surface area contributed by atoms with E-state index < -0.39 is 6.29 Å². The summed E-state index contributed by atoms with van der Waals surface area (Å²) in [5, 5.41) is 20.7. The predicted octanol–water partition coefficient (Wildman–Crippen LogP) is 4.51. The first-order valence-corrected chi connectivity index (χ1v) is 10.0. The fraction of sp³-hybridized carbons (Fsp3) is 0.905. The Kier molecular flexibility index (Phi) is 3.93. The van der Waals surface area contributed by atoms with Crippen LogP contribution in [0.15, 0.2) is 12.7 Å². The summed E-state index contributed by atoms with van der Waals surface area (Å²) in [6.45, 7) is 6.60. The van der Waals surface area contributed by atoms with E-state index >= 15 is 0 Å². The lowest BCUT2D eigenvalue weighted by Gasteiger charge is -2.61. The summed E-state index contributed by atoms with van der Waals surface area (Å²) in [6, 6.07) is 0. The fourth-order valence-corrected chi connectivity index (χ4v) is 7.91. The maximum absolute atomic E-state index is 10.3. The first-order chi connectivity index (χ1) is 11.0. The van der Waals surface area contributed by atoms with E-state index in [2.05, 4.69) is 13.5 Å². The molecular weight excluding hydrogens is 284 g/mol. The molecule has 7 atom stereocenters. The van der Waals surface area contributed by atoms with Gasteiger partial charge in [0, 0.05) is 5.41 Å². The van der Waals surface area contributed by atoms with Gasteiger partial charge in [-0.15, -0.1) is 6.58 Å². The van der Waals surface area contributed by atoms with Gasteiger partial charge in [0.15, 0.2) is 6.29 Å². The number of aliphatic hydroxyl groups excluding tert-OH is 1. The number of hydrogen-bond acceptors (Lipinski definition) is 2. The molecule has 4 aliphatic carbocycles. The molecule has 4 aliphatic rings. The quantitative estimate of drug-likeness (QED) is 0.581. The third-order valence-corrected chi connectivity index (χ3v) is 9.00. The molecule has 0 amide bonds. The lowest BCUT2D eigenvalue weighted by atomic mass is 9.44. The molecule has 23 heavy (non-hydrogen) atoms. The molecule has 1 unspecified atom stereocenters. The van der Waals surface area contributed by atoms with Crippen LogP contribution in [0.5, 0.6) is 0 Å². The number of hydrogen-bond donors (Lipinski definition) is 2. The lowest BCUT2D eigenvalue weighted by Crippen LogP contribution is -2.56. The van der Waals surface area contributed by atoms with Crippen LogP contribution < -0.4 is 0 Å². The molecule has 4 rings (SSSR count). The highest BCUT2D eigenvalue weighted by Crippen LogP contribution is 2.68. The van der Waals surface area contributed by atoms with Crippen LogP contribution in [-0.4, -0.2) is 16.5 Å². The lowest BCUT2D eigenvalue weighted by molar-refractivity contribution is -0.210. The number of rotatable bonds is 2. The molecule has 0 aromatic rings. The Bertz CT molecular complexity index is 472. The standard InChI is InChI=1S/C21H34O2/c1-3-14-8-10-18-16-9-7-15-6-4-5-12-20(15,2)17(16)11-13-21(14,18)19(22)23/h3,14-19,22-23H,1,4-13H2,2H3/t14-,15?,16+,17-,18-,20-,21-/m0/s1. The van der Waals surface area contributed by atoms with Crippen LogP contribution in [0.2, 0.25) is 0 Å². The van der Waals surface area contributed by atoms with Gasteiger partial charge in [-0.05, 0) is 86.4 Å². The topological polar surface area (TPSA) is 40.5 Å². The molecule has 0 heterocycles. The normalized spacial score (nSPS) is 52.6. The second kappa shape index (κ2) is 5.59. The van der Waals surface area contributed by atoms with Gasteiger partial charge in [0.2, 0.25) is 0 Å². The first kappa shape index (κ1) is 16.1. The molecule has 4 saturated carbocycles. The first-order valence-electron chi connectivity index (χ1n) is 10.0. The average molecular weight is 319 g/mol. The van der Waals surface area contributed by atoms with Crippen molar-refractivity contribution in [3.05, 3.63) is 12.7 Å². The van der Waals surface area contributed by atoms with Gasteiger partial charge >= 0.3 is 0 Å². The van der Waals surface area contributed by atoms with Crippen molar-refractivity contribution in [1.29, 1.82) is 0 Å². The van der Waals surface area contributed by atoms with Crippen molar-refractivity contribution in [2.75, 3.05) is 0 Å². The fourth-order valence-electron chi connectivity index (χ4n) is 7.91. The molecule has 0 radical (unpaired) electrons. The average Bonchev–Trinajstić information content (AvgIpc) is 2.94. The smallest absolute Gasteiger partial charge is 0.157 e. The minimum Gasteiger partial charge on any atom is -0.368 e. The van der Waals surface area contributed by atoms with Crippen molar-refractivity contribution in [2.24, 2.45) is 40.4 Å². The van der Waals surface area contributed by atoms with Crippen LogP contribution in [0.3, 0.4) is 0 Å². The molecular formula is C21H34O2. The summed E-state index contributed by atoms with van der Waals surface area (Å²) >= 11 is 0. The zero-order chi connectivity index (χ0) is 16.2. The van der Waals surface area contributed by atoms with Gasteiger partial charge in [0.25, 0.3) is 0 Å². The molecule has 2 heteroatoms. The maximum atomic E-state index is 10.3. The summed E-state index contributed by atoms with van der Waals surface area (Å²) in [4.78, 5) is 0. The number of aliphatic hydroxyl groups is 2. The summed E-state index contributed by atoms with van der Waals surface area (Å²) < 4.78 is 0. The van der Waals surface area contributed by atoms with E-state index in [1.807, 2.05) is 6.08 Å². The molecule has 0 aliphatic heterocycles. The molecule has 0 saturated heterocycles. The van der Waals surface area contributed by atoms with Gasteiger partial charge in [-0.3, -0.25) is 0 Å². The van der Waals surface area contributed by atoms with Gasteiger partial charge < -0.3 is 10.2 Å². The molecule has 4 fully saturated rings. The summed E-state index contributed by atoms with van der Waals surface area (Å²) in [6.07, 6.45) is 13.7. The molecule has 2 nitrogen and oxygen atoms in total. The van der Waals surface area contributed by atoms with Crippen molar-refractivity contribution >= 4 is 0 Å². The van der Waals surface area contributed by atoms with Crippen LogP contribution in [0, 0.1) is 40.4 Å². The van der Waals surface area contributed by atoms with Crippen LogP contribution >= 0.6 is 0 Å². The highest BCUT2D eigenvalue weighted by atomic mass is 16.5. The zero-order valence-electron chi connectivity index (χ0n) is 14.7. The Labute approximate surface area is 141 Å². The largest absolute Gasteiger partial charge is 0.368 e. The maximum Gasteiger partial charge on any atom is 0.157 e. The number of allylic oxidation sites excluding steroid dienone is 1. The van der Waals surface area contributed by atoms with Crippen LogP contribution in [0.25, 0.3) is 0 Å². The van der Waals surface area contributed by atoms with Gasteiger partial charge in [0.1, 0.15) is 0 Å². The molecule has 0 spiro atoms. The Balaban J connectivity index is 1.68. The zero-order valence-corrected chi connectivity index (χ0v) is 14.7. The van der Waals surface area contributed by atoms with Gasteiger partial charge in [-0.2, -0.15) is 0 Å². The minimum absolute atomic E-state index is 0.291. The summed E-state index contributed by atoms with van der Waals surface area (Å²) in [7, 11) is 0. The van der Waals surface area contributed by atoms with Crippen molar-refractivity contribution in [3.8, 4) is 0 Å². The van der Waals surface area contributed by atoms with Crippen molar-refractivity contribution < 1.29 is 10.2 Å². The molecule has 130 valence electrons. The van der Waals surface area contributed by atoms with Gasteiger partial charge in [0.05, 0.1) is 0 Å². The van der Waals surface area contributed by atoms with Crippen LogP contribution in [0.1, 0.15) is 71.1 Å². The monoisotopic (exact) mass is 318 g/mol. The van der Waals surface area contributed by atoms with E-state index in [4.69, 9.17) is 0 Å². The minimum atomic E-state index is -1.17. The molecule has 0 aromatic heterocycles. The van der Waals surface area contributed by atoms with E-state index in [-0.39, 0.29) is 5.41 Å². The predicted molar refractivity (Wildman–Crippen MR) is 92.6 cm³/mol. The Morgan fingerprint density at radius 2 is 1.78 bits per heavy atom. The highest BCUT2D eigenvalue weighted by molar-refractivity contribution is 5.13. The van der Waals surface area contributed by atoms with E-state index in [1.165, 1.54) is 51.4 Å². The van der Waals surface area contributed by atoms with Crippen molar-refractivity contribution in [2.45, 2.75) is 77.4 Å². The molecule has 0 aromatic carbocycles. The van der Waals surface area contributed by atoms with E-state index in [1.54, 1.807) is 0 Å². The Morgan fingerprint density at radius 1 is 0.957 bits per heavy atom. The summed E-state index contributed by atoms with van der Waals surface area (Å²) in [5.41, 5.74) is 0.237. The molecule has 2 N–H and O–H groups in total. The van der Waals surface area contributed by atoms with Crippen molar-refractivity contribution in [1.82, 2.24) is 0 Å². The van der Waals surface area contributed by atoms with Gasteiger partial charge in [-0.1, -0.05) is 25.8 Å². The number of fused-ring (bicyclic) bond motifs is 5. The van der Waals surface area contributed by atoms with Crippen molar-refractivity contribution in [3.63, 3.8) is 0 Å². The third-order valence-electron chi connectivity index (χ3n) is 9.00. The third kappa shape index (κ3) is 2.07. The second-order valence-corrected chi connectivity index (χ2v) is 9.35. The van der Waals surface area contributed by atoms with Crippen LogP contribution in [-0.2, 0) is 0 Å². The second-order valence-electron chi connectivity index (χ2n) is 9.35. The Morgan fingerprint density at radius 3 is 2.52 bits per heavy atom. The van der Waals surface area contributed by atoms with E-state index in [9.17, 15) is 10.2 Å². The highest BCUT2D eigenvalue weighted by Gasteiger charge is 2.62. The SMILES string of the molecule is C=C[C@H]1CC[C@H]2[C@@H]3CCC4CCCC[C@]4(C)[C@H]3CC[C@]12C(O)O. The van der Waals surface area contributed by atoms with E-state index in [0.29, 0.717) is 17.3 Å². The molecule has 0 bridgehead atoms. The van der Waals surface area contributed by atoms with Crippen LogP contribution in [0.4, 0.5) is 0 Å². The van der Waals surface area contributed by atoms with Gasteiger partial charge in [-0.25, -0.2) is 0 Å².